The molecule has 0 radical (unpaired) electrons. The van der Waals surface area contributed by atoms with Gasteiger partial charge < -0.3 is 15.6 Å². The van der Waals surface area contributed by atoms with Crippen molar-refractivity contribution in [1.29, 1.82) is 0 Å². The molecular formula is C27H24ClN7O2. The molecule has 0 aliphatic heterocycles. The van der Waals surface area contributed by atoms with Crippen LogP contribution in [0.2, 0.25) is 5.02 Å². The summed E-state index contributed by atoms with van der Waals surface area (Å²) < 4.78 is 6.76. The van der Waals surface area contributed by atoms with Gasteiger partial charge in [-0.1, -0.05) is 53.2 Å². The fraction of sp³-hybridized carbons (Fsp3) is 0.222. The van der Waals surface area contributed by atoms with Gasteiger partial charge in [0, 0.05) is 52.8 Å². The molecular weight excluding hydrogens is 490 g/mol. The molecule has 0 unspecified atom stereocenters. The summed E-state index contributed by atoms with van der Waals surface area (Å²) in [6.45, 7) is 2.47. The number of aryl methyl sites for hydroxylation is 1. The zero-order chi connectivity index (χ0) is 25.5. The van der Waals surface area contributed by atoms with Crippen molar-refractivity contribution in [3.8, 4) is 22.5 Å². The van der Waals surface area contributed by atoms with Gasteiger partial charge in [0.05, 0.1) is 6.54 Å². The van der Waals surface area contributed by atoms with Gasteiger partial charge in [0.2, 0.25) is 17.7 Å². The largest absolute Gasteiger partial charge is 0.351 e. The molecule has 9 nitrogen and oxygen atoms in total. The monoisotopic (exact) mass is 513 g/mol. The topological polar surface area (TPSA) is 125 Å². The molecule has 1 aliphatic rings. The first-order chi connectivity index (χ1) is 18.0. The number of benzene rings is 2. The van der Waals surface area contributed by atoms with Crippen molar-refractivity contribution in [2.45, 2.75) is 38.9 Å². The molecule has 2 aromatic carbocycles. The Kier molecular flexibility index (Phi) is 5.94. The molecule has 1 fully saturated rings. The molecule has 0 saturated heterocycles. The van der Waals surface area contributed by atoms with Crippen LogP contribution >= 0.6 is 11.6 Å². The lowest BCUT2D eigenvalue weighted by Gasteiger charge is -2.15. The molecule has 1 saturated carbocycles. The van der Waals surface area contributed by atoms with E-state index in [1.807, 2.05) is 30.3 Å². The third kappa shape index (κ3) is 4.71. The molecule has 6 rings (SSSR count). The molecule has 5 aromatic rings. The van der Waals surface area contributed by atoms with Crippen LogP contribution in [0.4, 0.5) is 5.95 Å². The molecule has 37 heavy (non-hydrogen) atoms. The van der Waals surface area contributed by atoms with Crippen molar-refractivity contribution in [2.24, 2.45) is 5.73 Å². The Morgan fingerprint density at radius 3 is 2.68 bits per heavy atom. The molecule has 3 heterocycles. The lowest BCUT2D eigenvalue weighted by molar-refractivity contribution is 0.394. The van der Waals surface area contributed by atoms with Gasteiger partial charge in [-0.3, -0.25) is 9.36 Å². The number of hydrogen-bond donors (Lipinski definition) is 2. The Morgan fingerprint density at radius 2 is 1.95 bits per heavy atom. The van der Waals surface area contributed by atoms with E-state index in [0.717, 1.165) is 29.4 Å². The highest BCUT2D eigenvalue weighted by Gasteiger charge is 2.23. The second-order valence-corrected chi connectivity index (χ2v) is 9.60. The number of nitrogens with zero attached hydrogens (tertiary/aromatic N) is 5. The van der Waals surface area contributed by atoms with Gasteiger partial charge in [-0.15, -0.1) is 0 Å². The predicted molar refractivity (Wildman–Crippen MR) is 142 cm³/mol. The van der Waals surface area contributed by atoms with Crippen LogP contribution in [0.25, 0.3) is 33.5 Å². The first-order valence-electron chi connectivity index (χ1n) is 12.0. The van der Waals surface area contributed by atoms with Crippen LogP contribution in [0.15, 0.2) is 64.0 Å². The Bertz CT molecular complexity index is 1690. The number of nitrogens with two attached hydrogens (primary N) is 1. The molecule has 186 valence electrons. The normalized spacial score (nSPS) is 13.3. The van der Waals surface area contributed by atoms with Crippen LogP contribution in [0.5, 0.6) is 0 Å². The van der Waals surface area contributed by atoms with E-state index < -0.39 is 0 Å². The number of hydrogen-bond acceptors (Lipinski definition) is 8. The third-order valence-electron chi connectivity index (χ3n) is 6.35. The Labute approximate surface area is 217 Å². The van der Waals surface area contributed by atoms with E-state index >= 15 is 0 Å². The predicted octanol–water partition coefficient (Wildman–Crippen LogP) is 4.55. The highest BCUT2D eigenvalue weighted by Crippen LogP contribution is 2.32. The van der Waals surface area contributed by atoms with Crippen LogP contribution in [-0.4, -0.2) is 30.7 Å². The van der Waals surface area contributed by atoms with Gasteiger partial charge in [0.1, 0.15) is 5.65 Å². The van der Waals surface area contributed by atoms with Gasteiger partial charge in [-0.25, -0.2) is 4.98 Å². The van der Waals surface area contributed by atoms with Gasteiger partial charge in [-0.05, 0) is 36.1 Å². The van der Waals surface area contributed by atoms with Crippen LogP contribution in [0.1, 0.15) is 29.9 Å². The van der Waals surface area contributed by atoms with Gasteiger partial charge in [-0.2, -0.15) is 9.97 Å². The Morgan fingerprint density at radius 1 is 1.11 bits per heavy atom. The minimum Gasteiger partial charge on any atom is -0.351 e. The van der Waals surface area contributed by atoms with Gasteiger partial charge in [0.15, 0.2) is 0 Å². The summed E-state index contributed by atoms with van der Waals surface area (Å²) in [5, 5.41) is 8.41. The van der Waals surface area contributed by atoms with E-state index in [1.54, 1.807) is 35.9 Å². The van der Waals surface area contributed by atoms with E-state index in [2.05, 4.69) is 20.4 Å². The zero-order valence-electron chi connectivity index (χ0n) is 20.1. The summed E-state index contributed by atoms with van der Waals surface area (Å²) in [6.07, 6.45) is 3.93. The first-order valence-corrected chi connectivity index (χ1v) is 12.4. The van der Waals surface area contributed by atoms with Crippen molar-refractivity contribution in [3.05, 3.63) is 87.1 Å². The average molecular weight is 514 g/mol. The van der Waals surface area contributed by atoms with Crippen molar-refractivity contribution < 1.29 is 4.52 Å². The van der Waals surface area contributed by atoms with Crippen molar-refractivity contribution >= 4 is 28.6 Å². The fourth-order valence-electron chi connectivity index (χ4n) is 4.31. The summed E-state index contributed by atoms with van der Waals surface area (Å²) in [5.41, 5.74) is 9.90. The number of fused-ring (bicyclic) bond motifs is 1. The van der Waals surface area contributed by atoms with Crippen molar-refractivity contribution in [3.63, 3.8) is 0 Å². The number of anilines is 1. The summed E-state index contributed by atoms with van der Waals surface area (Å²) >= 11 is 6.70. The summed E-state index contributed by atoms with van der Waals surface area (Å²) in [6, 6.07) is 15.4. The van der Waals surface area contributed by atoms with E-state index in [4.69, 9.17) is 26.8 Å². The number of nitrogens with one attached hydrogen (secondary N) is 1. The number of halogens is 1. The van der Waals surface area contributed by atoms with Crippen molar-refractivity contribution in [1.82, 2.24) is 24.7 Å². The summed E-state index contributed by atoms with van der Waals surface area (Å²) in [7, 11) is 0. The molecule has 0 bridgehead atoms. The maximum Gasteiger partial charge on any atom is 0.260 e. The molecule has 3 aromatic heterocycles. The summed E-state index contributed by atoms with van der Waals surface area (Å²) in [5.74, 6) is 1.41. The van der Waals surface area contributed by atoms with Crippen molar-refractivity contribution in [2.75, 3.05) is 5.32 Å². The number of pyridine rings is 1. The highest BCUT2D eigenvalue weighted by molar-refractivity contribution is 6.33. The number of aromatic nitrogens is 5. The standard InChI is InChI=1S/C27H24ClN7O2/c1-15-31-24(34-37-15)18-5-8-21(23(28)11-18)22-10-19-13-30-27(32-20-6-7-20)33-25(19)35(26(22)36)14-17-4-2-3-16(9-17)12-29/h2-5,8-11,13,20H,6-7,12,14,29H2,1H3,(H,30,32,33). The van der Waals surface area contributed by atoms with E-state index in [9.17, 15) is 4.79 Å². The lowest BCUT2D eigenvalue weighted by atomic mass is 10.0. The minimum absolute atomic E-state index is 0.202. The van der Waals surface area contributed by atoms with E-state index in [0.29, 0.717) is 64.2 Å². The Balaban J connectivity index is 1.49. The van der Waals surface area contributed by atoms with Crippen LogP contribution in [0, 0.1) is 6.92 Å². The first kappa shape index (κ1) is 23.3. The zero-order valence-corrected chi connectivity index (χ0v) is 20.9. The van der Waals surface area contributed by atoms with E-state index in [-0.39, 0.29) is 5.56 Å². The summed E-state index contributed by atoms with van der Waals surface area (Å²) in [4.78, 5) is 27.4. The Hall–Kier alpha value is -4.08. The highest BCUT2D eigenvalue weighted by atomic mass is 35.5. The third-order valence-corrected chi connectivity index (χ3v) is 6.66. The van der Waals surface area contributed by atoms with Crippen LogP contribution in [0.3, 0.4) is 0 Å². The molecule has 0 atom stereocenters. The average Bonchev–Trinajstić information content (AvgIpc) is 3.62. The lowest BCUT2D eigenvalue weighted by Crippen LogP contribution is -2.24. The fourth-order valence-corrected chi connectivity index (χ4v) is 4.59. The van der Waals surface area contributed by atoms with Gasteiger partial charge >= 0.3 is 0 Å². The quantitative estimate of drug-likeness (QED) is 0.324. The second kappa shape index (κ2) is 9.42. The van der Waals surface area contributed by atoms with Gasteiger partial charge in [0.25, 0.3) is 5.56 Å². The molecule has 0 spiro atoms. The maximum atomic E-state index is 14.0. The molecule has 10 heteroatoms. The SMILES string of the molecule is Cc1nc(-c2ccc(-c3cc4cnc(NC5CC5)nc4n(Cc4cccc(CN)c4)c3=O)c(Cl)c2)no1. The minimum atomic E-state index is -0.202. The van der Waals surface area contributed by atoms with Crippen LogP contribution in [-0.2, 0) is 13.1 Å². The maximum absolute atomic E-state index is 14.0. The molecule has 0 amide bonds. The smallest absolute Gasteiger partial charge is 0.260 e. The number of rotatable bonds is 7. The van der Waals surface area contributed by atoms with Crippen LogP contribution < -0.4 is 16.6 Å². The van der Waals surface area contributed by atoms with E-state index in [1.165, 1.54) is 0 Å². The molecule has 1 aliphatic carbocycles. The molecule has 3 N–H and O–H groups in total. The second-order valence-electron chi connectivity index (χ2n) is 9.20.